The third-order valence-electron chi connectivity index (χ3n) is 2.79. The van der Waals surface area contributed by atoms with Crippen LogP contribution in [0.4, 0.5) is 5.13 Å². The van der Waals surface area contributed by atoms with Crippen LogP contribution in [-0.2, 0) is 14.3 Å². The summed E-state index contributed by atoms with van der Waals surface area (Å²) in [4.78, 5) is 27.2. The number of hydrogen-bond donors (Lipinski definition) is 1. The van der Waals surface area contributed by atoms with E-state index in [1.54, 1.807) is 0 Å². The van der Waals surface area contributed by atoms with Gasteiger partial charge in [0, 0.05) is 12.7 Å². The molecule has 21 heavy (non-hydrogen) atoms. The van der Waals surface area contributed by atoms with E-state index in [9.17, 15) is 9.59 Å². The van der Waals surface area contributed by atoms with Crippen molar-refractivity contribution in [2.75, 3.05) is 18.2 Å². The van der Waals surface area contributed by atoms with E-state index >= 15 is 0 Å². The summed E-state index contributed by atoms with van der Waals surface area (Å²) in [5, 5.41) is 3.82. The van der Waals surface area contributed by atoms with Crippen LogP contribution in [0, 0.1) is 0 Å². The molecule has 0 fully saturated rings. The van der Waals surface area contributed by atoms with Crippen molar-refractivity contribution in [3.8, 4) is 0 Å². The Morgan fingerprint density at radius 1 is 1.43 bits per heavy atom. The predicted octanol–water partition coefficient (Wildman–Crippen LogP) is 2.92. The normalized spacial score (nSPS) is 12.1. The summed E-state index contributed by atoms with van der Waals surface area (Å²) in [7, 11) is 1.35. The Labute approximate surface area is 131 Å². The van der Waals surface area contributed by atoms with Crippen LogP contribution in [0.5, 0.6) is 0 Å². The lowest BCUT2D eigenvalue weighted by Crippen LogP contribution is -2.31. The highest BCUT2D eigenvalue weighted by Gasteiger charge is 2.20. The Balaban J connectivity index is 2.06. The van der Waals surface area contributed by atoms with E-state index in [0.717, 1.165) is 10.2 Å². The molecule has 1 aromatic carbocycles. The Morgan fingerprint density at radius 2 is 2.19 bits per heavy atom. The van der Waals surface area contributed by atoms with Crippen molar-refractivity contribution in [1.82, 2.24) is 4.98 Å². The SMILES string of the molecule is COC(=O)[C@H](CCSC(C)=O)Nc1nc2ccccc2s1. The van der Waals surface area contributed by atoms with Crippen molar-refractivity contribution < 1.29 is 14.3 Å². The predicted molar refractivity (Wildman–Crippen MR) is 86.8 cm³/mol. The zero-order valence-corrected chi connectivity index (χ0v) is 13.4. The maximum Gasteiger partial charge on any atom is 0.328 e. The molecule has 0 unspecified atom stereocenters. The van der Waals surface area contributed by atoms with E-state index in [0.29, 0.717) is 17.3 Å². The molecule has 1 atom stereocenters. The van der Waals surface area contributed by atoms with Crippen LogP contribution in [0.25, 0.3) is 10.2 Å². The van der Waals surface area contributed by atoms with Gasteiger partial charge in [0.05, 0.1) is 17.3 Å². The van der Waals surface area contributed by atoms with E-state index in [4.69, 9.17) is 4.74 Å². The minimum atomic E-state index is -0.498. The van der Waals surface area contributed by atoms with Crippen LogP contribution < -0.4 is 5.32 Å². The van der Waals surface area contributed by atoms with Crippen LogP contribution in [-0.4, -0.2) is 35.0 Å². The number of hydrogen-bond acceptors (Lipinski definition) is 7. The molecule has 2 rings (SSSR count). The molecule has 0 radical (unpaired) electrons. The number of thiazole rings is 1. The highest BCUT2D eigenvalue weighted by Crippen LogP contribution is 2.26. The molecule has 1 N–H and O–H groups in total. The van der Waals surface area contributed by atoms with Gasteiger partial charge in [-0.05, 0) is 18.6 Å². The summed E-state index contributed by atoms with van der Waals surface area (Å²) in [6.45, 7) is 1.51. The van der Waals surface area contributed by atoms with Gasteiger partial charge in [-0.3, -0.25) is 4.79 Å². The van der Waals surface area contributed by atoms with Gasteiger partial charge in [0.2, 0.25) is 0 Å². The molecule has 0 saturated carbocycles. The minimum absolute atomic E-state index is 0.0404. The van der Waals surface area contributed by atoms with Crippen LogP contribution in [0.15, 0.2) is 24.3 Å². The lowest BCUT2D eigenvalue weighted by atomic mass is 10.2. The number of benzene rings is 1. The third kappa shape index (κ3) is 4.44. The second-order valence-corrected chi connectivity index (χ2v) is 6.64. The Kier molecular flexibility index (Phi) is 5.58. The Bertz CT molecular complexity index is 609. The van der Waals surface area contributed by atoms with Gasteiger partial charge in [-0.1, -0.05) is 35.2 Å². The molecule has 2 aromatic rings. The van der Waals surface area contributed by atoms with Gasteiger partial charge in [-0.15, -0.1) is 0 Å². The second-order valence-electron chi connectivity index (χ2n) is 4.34. The summed E-state index contributed by atoms with van der Waals surface area (Å²) in [5.41, 5.74) is 0.895. The number of nitrogens with zero attached hydrogens (tertiary/aromatic N) is 1. The number of methoxy groups -OCH3 is 1. The lowest BCUT2D eigenvalue weighted by Gasteiger charge is -2.14. The molecule has 0 saturated heterocycles. The van der Waals surface area contributed by atoms with Crippen LogP contribution in [0.1, 0.15) is 13.3 Å². The molecule has 1 aromatic heterocycles. The molecule has 0 aliphatic heterocycles. The average Bonchev–Trinajstić information content (AvgIpc) is 2.87. The molecule has 112 valence electrons. The fraction of sp³-hybridized carbons (Fsp3) is 0.357. The van der Waals surface area contributed by atoms with Crippen molar-refractivity contribution in [2.45, 2.75) is 19.4 Å². The van der Waals surface area contributed by atoms with Crippen LogP contribution in [0.3, 0.4) is 0 Å². The summed E-state index contributed by atoms with van der Waals surface area (Å²) in [6.07, 6.45) is 0.507. The number of thioether (sulfide) groups is 1. The fourth-order valence-corrected chi connectivity index (χ4v) is 3.35. The lowest BCUT2D eigenvalue weighted by molar-refractivity contribution is -0.141. The number of carbonyl (C=O) groups excluding carboxylic acids is 2. The molecule has 0 aliphatic carbocycles. The van der Waals surface area contributed by atoms with Crippen molar-refractivity contribution in [3.05, 3.63) is 24.3 Å². The van der Waals surface area contributed by atoms with Gasteiger partial charge in [0.25, 0.3) is 0 Å². The number of ether oxygens (including phenoxy) is 1. The van der Waals surface area contributed by atoms with Gasteiger partial charge < -0.3 is 10.1 Å². The molecule has 0 amide bonds. The topological polar surface area (TPSA) is 68.3 Å². The maximum absolute atomic E-state index is 11.8. The minimum Gasteiger partial charge on any atom is -0.467 e. The van der Waals surface area contributed by atoms with Gasteiger partial charge in [-0.2, -0.15) is 0 Å². The molecule has 1 heterocycles. The smallest absolute Gasteiger partial charge is 0.328 e. The average molecular weight is 324 g/mol. The van der Waals surface area contributed by atoms with Crippen molar-refractivity contribution in [2.24, 2.45) is 0 Å². The van der Waals surface area contributed by atoms with Gasteiger partial charge in [0.15, 0.2) is 10.2 Å². The van der Waals surface area contributed by atoms with Crippen LogP contribution >= 0.6 is 23.1 Å². The summed E-state index contributed by atoms with van der Waals surface area (Å²) < 4.78 is 5.85. The quantitative estimate of drug-likeness (QED) is 0.824. The maximum atomic E-state index is 11.8. The monoisotopic (exact) mass is 324 g/mol. The molecular weight excluding hydrogens is 308 g/mol. The Morgan fingerprint density at radius 3 is 2.86 bits per heavy atom. The van der Waals surface area contributed by atoms with Gasteiger partial charge in [0.1, 0.15) is 6.04 Å². The second kappa shape index (κ2) is 7.42. The number of rotatable bonds is 6. The van der Waals surface area contributed by atoms with E-state index < -0.39 is 6.04 Å². The van der Waals surface area contributed by atoms with Crippen molar-refractivity contribution in [1.29, 1.82) is 0 Å². The zero-order chi connectivity index (χ0) is 15.2. The number of para-hydroxylation sites is 1. The highest BCUT2D eigenvalue weighted by molar-refractivity contribution is 8.13. The van der Waals surface area contributed by atoms with E-state index in [-0.39, 0.29) is 11.1 Å². The highest BCUT2D eigenvalue weighted by atomic mass is 32.2. The standard InChI is InChI=1S/C14H16N2O3S2/c1-9(17)20-8-7-11(13(18)19-2)16-14-15-10-5-3-4-6-12(10)21-14/h3-6,11H,7-8H2,1-2H3,(H,15,16)/t11-/m0/s1. The largest absolute Gasteiger partial charge is 0.467 e. The molecule has 5 nitrogen and oxygen atoms in total. The first-order valence-electron chi connectivity index (χ1n) is 6.43. The van der Waals surface area contributed by atoms with E-state index in [1.165, 1.54) is 37.1 Å². The number of carbonyl (C=O) groups is 2. The zero-order valence-electron chi connectivity index (χ0n) is 11.8. The first kappa shape index (κ1) is 15.8. The Hall–Kier alpha value is -1.60. The number of anilines is 1. The van der Waals surface area contributed by atoms with E-state index in [2.05, 4.69) is 10.3 Å². The van der Waals surface area contributed by atoms with Crippen LogP contribution in [0.2, 0.25) is 0 Å². The molecular formula is C14H16N2O3S2. The number of nitrogens with one attached hydrogen (secondary N) is 1. The molecule has 0 spiro atoms. The van der Waals surface area contributed by atoms with Gasteiger partial charge in [-0.25, -0.2) is 9.78 Å². The molecule has 7 heteroatoms. The van der Waals surface area contributed by atoms with Crippen molar-refractivity contribution in [3.63, 3.8) is 0 Å². The summed E-state index contributed by atoms with van der Waals surface area (Å²) >= 11 is 2.69. The number of fused-ring (bicyclic) bond motifs is 1. The number of esters is 1. The number of aromatic nitrogens is 1. The molecule has 0 aliphatic rings. The first-order chi connectivity index (χ1) is 10.1. The summed E-state index contributed by atoms with van der Waals surface area (Å²) in [5.74, 6) is 0.214. The first-order valence-corrected chi connectivity index (χ1v) is 8.23. The molecule has 0 bridgehead atoms. The van der Waals surface area contributed by atoms with Gasteiger partial charge >= 0.3 is 5.97 Å². The third-order valence-corrected chi connectivity index (χ3v) is 4.60. The van der Waals surface area contributed by atoms with E-state index in [1.807, 2.05) is 24.3 Å². The van der Waals surface area contributed by atoms with Crippen molar-refractivity contribution >= 4 is 49.5 Å². The summed E-state index contributed by atoms with van der Waals surface area (Å²) in [6, 6.07) is 7.29. The fourth-order valence-electron chi connectivity index (χ4n) is 1.79.